The zero-order valence-corrected chi connectivity index (χ0v) is 24.0. The summed E-state index contributed by atoms with van der Waals surface area (Å²) in [4.78, 5) is 26.4. The Morgan fingerprint density at radius 2 is 1.62 bits per heavy atom. The quantitative estimate of drug-likeness (QED) is 0.165. The van der Waals surface area contributed by atoms with Gasteiger partial charge in [0.2, 0.25) is 0 Å². The van der Waals surface area contributed by atoms with Crippen molar-refractivity contribution < 1.29 is 14.6 Å². The zero-order chi connectivity index (χ0) is 28.1. The third-order valence-electron chi connectivity index (χ3n) is 7.14. The number of carbonyl (C=O) groups is 1. The van der Waals surface area contributed by atoms with E-state index in [1.807, 2.05) is 12.1 Å². The third kappa shape index (κ3) is 6.24. The molecule has 0 amide bonds. The molecule has 0 aliphatic carbocycles. The van der Waals surface area contributed by atoms with Crippen molar-refractivity contribution in [2.24, 2.45) is 0 Å². The Hall–Kier alpha value is -3.46. The maximum atomic E-state index is 12.3. The van der Waals surface area contributed by atoms with Gasteiger partial charge in [0.1, 0.15) is 11.6 Å². The first-order chi connectivity index (χ1) is 18.8. The van der Waals surface area contributed by atoms with Crippen LogP contribution in [0.25, 0.3) is 21.8 Å². The molecule has 2 heterocycles. The molecule has 4 aromatic rings. The summed E-state index contributed by atoms with van der Waals surface area (Å²) in [5.41, 5.74) is 4.35. The monoisotopic (exact) mass is 549 g/mol. The molecule has 8 nitrogen and oxygen atoms in total. The summed E-state index contributed by atoms with van der Waals surface area (Å²) in [5, 5.41) is 16.5. The number of aromatic hydroxyl groups is 1. The van der Waals surface area contributed by atoms with Crippen molar-refractivity contribution in [3.8, 4) is 5.75 Å². The summed E-state index contributed by atoms with van der Waals surface area (Å²) in [6.45, 7) is 13.5. The van der Waals surface area contributed by atoms with Gasteiger partial charge in [0.15, 0.2) is 0 Å². The number of fused-ring (bicyclic) bond motifs is 3. The number of aromatic nitrogens is 2. The third-order valence-corrected chi connectivity index (χ3v) is 7.38. The Morgan fingerprint density at radius 1 is 0.949 bits per heavy atom. The van der Waals surface area contributed by atoms with Crippen LogP contribution in [0.2, 0.25) is 5.02 Å². The van der Waals surface area contributed by atoms with Crippen LogP contribution in [0.15, 0.2) is 42.6 Å². The van der Waals surface area contributed by atoms with E-state index in [4.69, 9.17) is 21.3 Å². The molecule has 0 bridgehead atoms. The lowest BCUT2D eigenvalue weighted by Gasteiger charge is -2.24. The number of ether oxygens (including phenoxy) is 1. The van der Waals surface area contributed by atoms with E-state index in [-0.39, 0.29) is 5.75 Å². The van der Waals surface area contributed by atoms with Gasteiger partial charge in [-0.1, -0.05) is 39.3 Å². The number of nitrogens with zero attached hydrogens (tertiary/aromatic N) is 4. The second kappa shape index (κ2) is 12.6. The molecule has 4 rings (SSSR count). The summed E-state index contributed by atoms with van der Waals surface area (Å²) >= 11 is 6.30. The van der Waals surface area contributed by atoms with Crippen LogP contribution in [-0.4, -0.2) is 64.1 Å². The number of esters is 1. The fourth-order valence-corrected chi connectivity index (χ4v) is 4.89. The van der Waals surface area contributed by atoms with Gasteiger partial charge in [-0.25, -0.2) is 9.78 Å². The number of pyridine rings is 2. The number of nitrogens with one attached hydrogen (secondary N) is 1. The van der Waals surface area contributed by atoms with Gasteiger partial charge in [0.25, 0.3) is 0 Å². The van der Waals surface area contributed by atoms with E-state index in [9.17, 15) is 9.90 Å². The van der Waals surface area contributed by atoms with Crippen LogP contribution in [0.1, 0.15) is 49.2 Å². The van der Waals surface area contributed by atoms with E-state index in [2.05, 4.69) is 53.9 Å². The van der Waals surface area contributed by atoms with Crippen molar-refractivity contribution in [1.82, 2.24) is 19.8 Å². The zero-order valence-electron chi connectivity index (χ0n) is 23.2. The minimum absolute atomic E-state index is 0.220. The van der Waals surface area contributed by atoms with E-state index in [0.717, 1.165) is 48.4 Å². The fraction of sp³-hybridized carbons (Fsp3) is 0.367. The molecule has 0 aliphatic heterocycles. The second-order valence-corrected chi connectivity index (χ2v) is 9.86. The van der Waals surface area contributed by atoms with Crippen LogP contribution in [0.3, 0.4) is 0 Å². The number of hydrogen-bond acceptors (Lipinski definition) is 8. The molecule has 2 aromatic carbocycles. The normalized spacial score (nSPS) is 11.6. The van der Waals surface area contributed by atoms with Gasteiger partial charge in [-0.3, -0.25) is 14.8 Å². The van der Waals surface area contributed by atoms with Gasteiger partial charge in [-0.15, -0.1) is 0 Å². The first-order valence-corrected chi connectivity index (χ1v) is 13.7. The topological polar surface area (TPSA) is 90.8 Å². The van der Waals surface area contributed by atoms with Crippen molar-refractivity contribution in [2.45, 2.75) is 40.8 Å². The molecule has 2 aromatic heterocycles. The number of phenolic OH excluding ortho intramolecular Hbond substituents is 1. The van der Waals surface area contributed by atoms with Crippen LogP contribution in [0, 0.1) is 0 Å². The Bertz CT molecular complexity index is 1490. The first-order valence-electron chi connectivity index (χ1n) is 13.3. The number of anilines is 2. The summed E-state index contributed by atoms with van der Waals surface area (Å²) in [5.74, 6) is 0.259. The van der Waals surface area contributed by atoms with Crippen molar-refractivity contribution in [3.63, 3.8) is 0 Å². The molecular formula is C30H36ClN5O3. The molecule has 0 saturated carbocycles. The lowest BCUT2D eigenvalue weighted by Crippen LogP contribution is -2.24. The lowest BCUT2D eigenvalue weighted by atomic mass is 10.0. The highest BCUT2D eigenvalue weighted by atomic mass is 35.5. The molecular weight excluding hydrogens is 514 g/mol. The highest BCUT2D eigenvalue weighted by Gasteiger charge is 2.18. The smallest absolute Gasteiger partial charge is 0.339 e. The molecule has 0 saturated heterocycles. The maximum Gasteiger partial charge on any atom is 0.339 e. The van der Waals surface area contributed by atoms with Crippen molar-refractivity contribution in [1.29, 1.82) is 0 Å². The summed E-state index contributed by atoms with van der Waals surface area (Å²) in [7, 11) is 1.34. The number of methoxy groups -OCH3 is 1. The molecule has 0 fully saturated rings. The molecule has 9 heteroatoms. The van der Waals surface area contributed by atoms with Gasteiger partial charge in [0.05, 0.1) is 23.7 Å². The van der Waals surface area contributed by atoms with E-state index < -0.39 is 5.97 Å². The molecule has 2 N–H and O–H groups in total. The summed E-state index contributed by atoms with van der Waals surface area (Å²) in [6.07, 6.45) is 1.50. The lowest BCUT2D eigenvalue weighted by molar-refractivity contribution is 0.0600. The number of rotatable bonds is 11. The minimum atomic E-state index is -0.484. The van der Waals surface area contributed by atoms with Gasteiger partial charge >= 0.3 is 5.97 Å². The standard InChI is InChI=1S/C30H36ClN5O3/c1-6-35(7-2)17-20-12-21(18-36(8-3)9-4)27(37)15-26(20)34-29-24-13-19(30(38)39-5)16-32-28(24)23-14-22(31)10-11-25(23)33-29/h10-16,37H,6-9,17-18H2,1-5H3,(H,33,34). The fourth-order valence-electron chi connectivity index (χ4n) is 4.72. The SMILES string of the molecule is CCN(CC)Cc1cc(CN(CC)CC)c(Nc2nc3ccc(Cl)cc3c3ncc(C(=O)OC)cc23)cc1O. The molecule has 0 unspecified atom stereocenters. The van der Waals surface area contributed by atoms with Crippen LogP contribution >= 0.6 is 11.6 Å². The average molecular weight is 550 g/mol. The number of hydrogen-bond donors (Lipinski definition) is 2. The van der Waals surface area contributed by atoms with E-state index >= 15 is 0 Å². The Kier molecular flexibility index (Phi) is 9.22. The Balaban J connectivity index is 1.89. The highest BCUT2D eigenvalue weighted by molar-refractivity contribution is 6.31. The molecule has 39 heavy (non-hydrogen) atoms. The molecule has 0 aliphatic rings. The van der Waals surface area contributed by atoms with Gasteiger partial charge in [0, 0.05) is 52.4 Å². The number of halogens is 1. The highest BCUT2D eigenvalue weighted by Crippen LogP contribution is 2.35. The first kappa shape index (κ1) is 28.5. The molecule has 0 spiro atoms. The predicted octanol–water partition coefficient (Wildman–Crippen LogP) is 6.36. The predicted molar refractivity (Wildman–Crippen MR) is 158 cm³/mol. The van der Waals surface area contributed by atoms with E-state index in [1.54, 1.807) is 18.2 Å². The summed E-state index contributed by atoms with van der Waals surface area (Å²) in [6, 6.07) is 11.0. The summed E-state index contributed by atoms with van der Waals surface area (Å²) < 4.78 is 4.93. The Labute approximate surface area is 234 Å². The molecule has 0 radical (unpaired) electrons. The van der Waals surface area contributed by atoms with Crippen molar-refractivity contribution in [2.75, 3.05) is 38.6 Å². The van der Waals surface area contributed by atoms with Gasteiger partial charge in [-0.2, -0.15) is 0 Å². The molecule has 206 valence electrons. The number of benzene rings is 2. The largest absolute Gasteiger partial charge is 0.508 e. The van der Waals surface area contributed by atoms with Gasteiger partial charge in [-0.05, 0) is 62.1 Å². The van der Waals surface area contributed by atoms with Gasteiger partial charge < -0.3 is 15.2 Å². The van der Waals surface area contributed by atoms with Crippen molar-refractivity contribution in [3.05, 3.63) is 64.3 Å². The minimum Gasteiger partial charge on any atom is -0.508 e. The van der Waals surface area contributed by atoms with E-state index in [1.165, 1.54) is 13.3 Å². The van der Waals surface area contributed by atoms with Crippen LogP contribution in [0.5, 0.6) is 5.75 Å². The second-order valence-electron chi connectivity index (χ2n) is 9.42. The molecule has 0 atom stereocenters. The van der Waals surface area contributed by atoms with Crippen LogP contribution < -0.4 is 5.32 Å². The Morgan fingerprint density at radius 3 is 2.26 bits per heavy atom. The van der Waals surface area contributed by atoms with Crippen LogP contribution in [0.4, 0.5) is 11.5 Å². The van der Waals surface area contributed by atoms with Crippen molar-refractivity contribution >= 4 is 50.9 Å². The maximum absolute atomic E-state index is 12.3. The average Bonchev–Trinajstić information content (AvgIpc) is 2.95. The van der Waals surface area contributed by atoms with Crippen LogP contribution in [-0.2, 0) is 17.8 Å². The number of carbonyl (C=O) groups excluding carboxylic acids is 1. The number of phenols is 1. The van der Waals surface area contributed by atoms with E-state index in [0.29, 0.717) is 45.9 Å².